The normalized spacial score (nSPS) is 11.8. The van der Waals surface area contributed by atoms with E-state index < -0.39 is 17.1 Å². The van der Waals surface area contributed by atoms with Crippen LogP contribution in [0.2, 0.25) is 25.2 Å². The Kier molecular flexibility index (Phi) is 24.2. The van der Waals surface area contributed by atoms with Crippen molar-refractivity contribution < 1.29 is 46.9 Å². The van der Waals surface area contributed by atoms with Gasteiger partial charge in [-0.2, -0.15) is 0 Å². The minimum Gasteiger partial charge on any atom is -0.508 e. The summed E-state index contributed by atoms with van der Waals surface area (Å²) in [7, 11) is -4.33. The first-order valence-corrected chi connectivity index (χ1v) is 29.0. The smallest absolute Gasteiger partial charge is 0.334 e. The molecule has 4 aromatic rings. The molecule has 64 heavy (non-hydrogen) atoms. The number of hydrogen-bond acceptors (Lipinski definition) is 10. The van der Waals surface area contributed by atoms with Crippen molar-refractivity contribution in [3.05, 3.63) is 96.1 Å². The van der Waals surface area contributed by atoms with Gasteiger partial charge >= 0.3 is 17.1 Å². The Hall–Kier alpha value is -4.05. The molecule has 354 valence electrons. The molecule has 0 fully saturated rings. The van der Waals surface area contributed by atoms with E-state index in [1.54, 1.807) is 12.1 Å². The fraction of sp³-hybridized carbons (Fsp3) is 0.538. The maximum absolute atomic E-state index is 10.4. The van der Waals surface area contributed by atoms with E-state index in [9.17, 15) is 10.2 Å². The second-order valence-corrected chi connectivity index (χ2v) is 23.2. The van der Waals surface area contributed by atoms with Gasteiger partial charge in [-0.3, -0.25) is 0 Å². The first kappa shape index (κ1) is 52.6. The molecule has 0 saturated heterocycles. The maximum atomic E-state index is 10.4. The zero-order valence-corrected chi connectivity index (χ0v) is 41.8. The highest BCUT2D eigenvalue weighted by Gasteiger charge is 2.31. The molecular weight excluding hydrogens is 841 g/mol. The fourth-order valence-electron chi connectivity index (χ4n) is 7.86. The third kappa shape index (κ3) is 19.6. The summed E-state index contributed by atoms with van der Waals surface area (Å²) in [6, 6.07) is 29.4. The van der Waals surface area contributed by atoms with Gasteiger partial charge in [0.2, 0.25) is 0 Å². The molecule has 0 radical (unpaired) electrons. The number of aryl methyl sites for hydroxylation is 2. The van der Waals surface area contributed by atoms with Gasteiger partial charge in [0.1, 0.15) is 34.5 Å². The number of phenolic OH excluding ortho intramolecular Hbond substituents is 2. The molecule has 0 amide bonds. The molecule has 12 heteroatoms. The molecule has 0 bridgehead atoms. The second kappa shape index (κ2) is 29.5. The van der Waals surface area contributed by atoms with Crippen molar-refractivity contribution >= 4 is 17.1 Å². The molecule has 0 heterocycles. The highest BCUT2D eigenvalue weighted by molar-refractivity contribution is 6.66. The summed E-state index contributed by atoms with van der Waals surface area (Å²) in [6.45, 7) is 17.6. The molecule has 0 atom stereocenters. The average molecular weight is 919 g/mol. The first-order chi connectivity index (χ1) is 31.1. The van der Waals surface area contributed by atoms with Crippen molar-refractivity contribution in [3.63, 3.8) is 0 Å². The molecule has 4 aromatic carbocycles. The number of unbranched alkanes of at least 4 members (excludes halogenated alkanes) is 6. The minimum absolute atomic E-state index is 0.311. The van der Waals surface area contributed by atoms with Gasteiger partial charge in [0.15, 0.2) is 0 Å². The Morgan fingerprint density at radius 3 is 0.984 bits per heavy atom. The Morgan fingerprint density at radius 1 is 0.375 bits per heavy atom. The van der Waals surface area contributed by atoms with Gasteiger partial charge in [-0.15, -0.1) is 0 Å². The molecule has 0 saturated carbocycles. The van der Waals surface area contributed by atoms with Gasteiger partial charge < -0.3 is 46.9 Å². The third-order valence-electron chi connectivity index (χ3n) is 11.2. The summed E-state index contributed by atoms with van der Waals surface area (Å²) >= 11 is 0. The van der Waals surface area contributed by atoms with Crippen LogP contribution in [0.5, 0.6) is 34.5 Å². The van der Waals surface area contributed by atoms with Crippen molar-refractivity contribution in [1.29, 1.82) is 0 Å². The topological polar surface area (TPSA) is 114 Å². The maximum Gasteiger partial charge on any atom is 0.334 e. The number of rotatable bonds is 35. The van der Waals surface area contributed by atoms with Crippen LogP contribution in [0.25, 0.3) is 11.1 Å². The molecule has 2 N–H and O–H groups in total. The van der Waals surface area contributed by atoms with Crippen LogP contribution in [0.3, 0.4) is 0 Å². The lowest BCUT2D eigenvalue weighted by Gasteiger charge is -2.26. The summed E-state index contributed by atoms with van der Waals surface area (Å²) in [5.74, 6) is 3.99. The lowest BCUT2D eigenvalue weighted by Crippen LogP contribution is -2.38. The molecule has 0 aliphatic rings. The summed E-state index contributed by atoms with van der Waals surface area (Å²) in [4.78, 5) is 0. The Balaban J connectivity index is 1.02. The molecule has 0 aliphatic carbocycles. The Labute approximate surface area is 387 Å². The summed E-state index contributed by atoms with van der Waals surface area (Å²) < 4.78 is 48.0. The van der Waals surface area contributed by atoms with Crippen molar-refractivity contribution in [1.82, 2.24) is 0 Å². The molecule has 0 aromatic heterocycles. The van der Waals surface area contributed by atoms with E-state index in [0.29, 0.717) is 64.4 Å². The van der Waals surface area contributed by atoms with Gasteiger partial charge in [-0.05, 0) is 213 Å². The number of phenols is 2. The van der Waals surface area contributed by atoms with E-state index in [-0.39, 0.29) is 0 Å². The number of hydrogen-bond donors (Lipinski definition) is 2. The monoisotopic (exact) mass is 919 g/mol. The van der Waals surface area contributed by atoms with Crippen molar-refractivity contribution in [2.75, 3.05) is 52.9 Å². The predicted molar refractivity (Wildman–Crippen MR) is 263 cm³/mol. The van der Waals surface area contributed by atoms with E-state index in [2.05, 4.69) is 37.4 Å². The summed E-state index contributed by atoms with van der Waals surface area (Å²) in [5, 5.41) is 20.8. The van der Waals surface area contributed by atoms with Crippen LogP contribution in [0, 0.1) is 0 Å². The molecule has 0 aliphatic heterocycles. The number of aromatic hydroxyl groups is 2. The van der Waals surface area contributed by atoms with E-state index in [0.717, 1.165) is 134 Å². The molecule has 0 unspecified atom stereocenters. The van der Waals surface area contributed by atoms with Crippen molar-refractivity contribution in [2.24, 2.45) is 0 Å². The minimum atomic E-state index is -2.16. The lowest BCUT2D eigenvalue weighted by atomic mass is 10.1. The third-order valence-corrected chi connectivity index (χ3v) is 17.4. The first-order valence-electron chi connectivity index (χ1n) is 24.0. The standard InChI is InChI=1S/C52H78O10Si2/c1-7-59-63(5,60-8-2)39-19-21-45-41-49(31-33-51(45)53)57-37-17-13-11-15-35-55-47-27-23-43(24-28-47)44-25-29-48(30-26-44)56-36-16-12-14-18-38-58-50-32-34-52(54)46(42-50)22-20-40-64(6,61-9-3)62-10-4/h23-34,41-42,53-54H,7-22,35-40H2,1-6H3. The molecule has 0 spiro atoms. The fourth-order valence-corrected chi connectivity index (χ4v) is 12.7. The van der Waals surface area contributed by atoms with Gasteiger partial charge in [0, 0.05) is 26.4 Å². The summed E-state index contributed by atoms with van der Waals surface area (Å²) in [5.41, 5.74) is 4.09. The van der Waals surface area contributed by atoms with Crippen molar-refractivity contribution in [3.8, 4) is 45.6 Å². The van der Waals surface area contributed by atoms with E-state index in [1.807, 2.05) is 76.2 Å². The number of benzene rings is 4. The van der Waals surface area contributed by atoms with Crippen LogP contribution in [-0.2, 0) is 30.5 Å². The van der Waals surface area contributed by atoms with Crippen LogP contribution < -0.4 is 18.9 Å². The van der Waals surface area contributed by atoms with Gasteiger partial charge in [0.25, 0.3) is 0 Å². The lowest BCUT2D eigenvalue weighted by molar-refractivity contribution is 0.187. The quantitative estimate of drug-likeness (QED) is 0.0341. The van der Waals surface area contributed by atoms with Gasteiger partial charge in [-0.25, -0.2) is 0 Å². The number of ether oxygens (including phenoxy) is 4. The van der Waals surface area contributed by atoms with Crippen LogP contribution in [0.4, 0.5) is 0 Å². The largest absolute Gasteiger partial charge is 0.508 e. The summed E-state index contributed by atoms with van der Waals surface area (Å²) in [6.07, 6.45) is 11.5. The zero-order chi connectivity index (χ0) is 45.9. The Bertz CT molecular complexity index is 1710. The zero-order valence-electron chi connectivity index (χ0n) is 39.8. The second-order valence-electron chi connectivity index (χ2n) is 16.6. The van der Waals surface area contributed by atoms with Gasteiger partial charge in [-0.1, -0.05) is 24.3 Å². The average Bonchev–Trinajstić information content (AvgIpc) is 3.28. The molecule has 4 rings (SSSR count). The van der Waals surface area contributed by atoms with Crippen LogP contribution >= 0.6 is 0 Å². The highest BCUT2D eigenvalue weighted by Crippen LogP contribution is 2.29. The van der Waals surface area contributed by atoms with Crippen LogP contribution in [0.15, 0.2) is 84.9 Å². The SMILES string of the molecule is CCO[Si](C)(CCCc1cc(OCCCCCCOc2ccc(-c3ccc(OCCCCCCOc4ccc(O)c(CCC[Si](C)(OCC)OCC)c4)cc3)cc2)ccc1O)OCC. The van der Waals surface area contributed by atoms with Crippen molar-refractivity contribution in [2.45, 2.75) is 130 Å². The molecule has 10 nitrogen and oxygen atoms in total. The van der Waals surface area contributed by atoms with Crippen LogP contribution in [0.1, 0.15) is 103 Å². The predicted octanol–water partition coefficient (Wildman–Crippen LogP) is 13.0. The molecular formula is C52H78O10Si2. The van der Waals surface area contributed by atoms with Gasteiger partial charge in [0.05, 0.1) is 26.4 Å². The van der Waals surface area contributed by atoms with E-state index in [1.165, 1.54) is 0 Å². The highest BCUT2D eigenvalue weighted by atomic mass is 28.4. The van der Waals surface area contributed by atoms with E-state index >= 15 is 0 Å². The Morgan fingerprint density at radius 2 is 0.672 bits per heavy atom. The van der Waals surface area contributed by atoms with Crippen LogP contribution in [-0.4, -0.2) is 80.2 Å². The van der Waals surface area contributed by atoms with E-state index in [4.69, 9.17) is 36.7 Å².